The molecule has 0 spiro atoms. The largest absolute Gasteiger partial charge is 0.478 e. The lowest BCUT2D eigenvalue weighted by atomic mass is 10.2. The second-order valence-corrected chi connectivity index (χ2v) is 3.98. The number of hydrogen-bond donors (Lipinski definition) is 3. The lowest BCUT2D eigenvalue weighted by molar-refractivity contribution is -0.385. The standard InChI is InChI=1S/C11H15N3O6/c1-20-6-8(15)2-3-12-10-9(11(16)17)4-7(5-13-10)14(18)19/h4-5,8,15H,2-3,6H2,1H3,(H,12,13)(H,16,17). The molecule has 0 bridgehead atoms. The van der Waals surface area contributed by atoms with Crippen LogP contribution < -0.4 is 5.32 Å². The molecule has 0 amide bonds. The maximum absolute atomic E-state index is 11.0. The van der Waals surface area contributed by atoms with Gasteiger partial charge in [0, 0.05) is 19.7 Å². The number of aromatic nitrogens is 1. The molecule has 1 atom stereocenters. The number of carbonyl (C=O) groups is 1. The summed E-state index contributed by atoms with van der Waals surface area (Å²) in [5.41, 5.74) is -0.687. The number of hydrogen-bond acceptors (Lipinski definition) is 7. The fourth-order valence-electron chi connectivity index (χ4n) is 1.49. The highest BCUT2D eigenvalue weighted by Gasteiger charge is 2.17. The number of ether oxygens (including phenoxy) is 1. The summed E-state index contributed by atoms with van der Waals surface area (Å²) in [5, 5.41) is 31.7. The maximum Gasteiger partial charge on any atom is 0.339 e. The fourth-order valence-corrected chi connectivity index (χ4v) is 1.49. The van der Waals surface area contributed by atoms with Crippen molar-refractivity contribution in [3.05, 3.63) is 27.9 Å². The van der Waals surface area contributed by atoms with E-state index >= 15 is 0 Å². The Morgan fingerprint density at radius 3 is 2.90 bits per heavy atom. The van der Waals surface area contributed by atoms with Crippen LogP contribution in [0.1, 0.15) is 16.8 Å². The Balaban J connectivity index is 2.74. The number of aromatic carboxylic acids is 1. The molecule has 1 rings (SSSR count). The van der Waals surface area contributed by atoms with Crippen molar-refractivity contribution in [3.63, 3.8) is 0 Å². The smallest absolute Gasteiger partial charge is 0.339 e. The molecule has 0 aliphatic heterocycles. The van der Waals surface area contributed by atoms with Gasteiger partial charge in [-0.1, -0.05) is 0 Å². The quantitative estimate of drug-likeness (QED) is 0.464. The Kier molecular flexibility index (Phi) is 5.81. The summed E-state index contributed by atoms with van der Waals surface area (Å²) in [7, 11) is 1.46. The molecule has 1 unspecified atom stereocenters. The van der Waals surface area contributed by atoms with Crippen LogP contribution in [0.25, 0.3) is 0 Å². The van der Waals surface area contributed by atoms with Gasteiger partial charge in [0.1, 0.15) is 17.6 Å². The van der Waals surface area contributed by atoms with Crippen molar-refractivity contribution >= 4 is 17.5 Å². The molecule has 9 heteroatoms. The third kappa shape index (κ3) is 4.44. The number of aliphatic hydroxyl groups is 1. The van der Waals surface area contributed by atoms with Gasteiger partial charge in [-0.2, -0.15) is 0 Å². The number of rotatable bonds is 8. The molecular formula is C11H15N3O6. The molecule has 0 fully saturated rings. The van der Waals surface area contributed by atoms with Crippen LogP contribution in [0, 0.1) is 10.1 Å². The molecule has 0 aromatic carbocycles. The first kappa shape index (κ1) is 15.8. The monoisotopic (exact) mass is 285 g/mol. The van der Waals surface area contributed by atoms with Gasteiger partial charge in [-0.15, -0.1) is 0 Å². The van der Waals surface area contributed by atoms with E-state index in [1.54, 1.807) is 0 Å². The molecular weight excluding hydrogens is 270 g/mol. The number of nitrogens with zero attached hydrogens (tertiary/aromatic N) is 2. The van der Waals surface area contributed by atoms with Crippen molar-refractivity contribution in [2.75, 3.05) is 25.6 Å². The van der Waals surface area contributed by atoms with Gasteiger partial charge >= 0.3 is 5.97 Å². The van der Waals surface area contributed by atoms with Gasteiger partial charge in [0.15, 0.2) is 0 Å². The third-order valence-corrected chi connectivity index (χ3v) is 2.44. The van der Waals surface area contributed by atoms with Crippen LogP contribution in [0.3, 0.4) is 0 Å². The van der Waals surface area contributed by atoms with Crippen LogP contribution in [-0.4, -0.2) is 52.5 Å². The minimum atomic E-state index is -1.32. The molecule has 1 heterocycles. The lowest BCUT2D eigenvalue weighted by Crippen LogP contribution is -2.19. The lowest BCUT2D eigenvalue weighted by Gasteiger charge is -2.11. The molecule has 0 saturated heterocycles. The van der Waals surface area contributed by atoms with Crippen molar-refractivity contribution < 1.29 is 24.7 Å². The Bertz CT molecular complexity index is 493. The Labute approximate surface area is 114 Å². The van der Waals surface area contributed by atoms with E-state index in [4.69, 9.17) is 9.84 Å². The van der Waals surface area contributed by atoms with E-state index in [1.165, 1.54) is 7.11 Å². The molecule has 20 heavy (non-hydrogen) atoms. The molecule has 1 aromatic rings. The molecule has 0 aliphatic rings. The number of carboxylic acid groups (broad SMARTS) is 1. The summed E-state index contributed by atoms with van der Waals surface area (Å²) >= 11 is 0. The van der Waals surface area contributed by atoms with Crippen molar-refractivity contribution in [2.24, 2.45) is 0 Å². The van der Waals surface area contributed by atoms with Crippen LogP contribution in [0.5, 0.6) is 0 Å². The number of pyridine rings is 1. The van der Waals surface area contributed by atoms with Crippen molar-refractivity contribution in [3.8, 4) is 0 Å². The van der Waals surface area contributed by atoms with Crippen LogP contribution in [0.2, 0.25) is 0 Å². The predicted molar refractivity (Wildman–Crippen MR) is 68.8 cm³/mol. The highest BCUT2D eigenvalue weighted by molar-refractivity contribution is 5.93. The van der Waals surface area contributed by atoms with Gasteiger partial charge in [-0.05, 0) is 6.42 Å². The summed E-state index contributed by atoms with van der Waals surface area (Å²) < 4.78 is 4.75. The molecule has 1 aromatic heterocycles. The average Bonchev–Trinajstić information content (AvgIpc) is 2.38. The Hall–Kier alpha value is -2.26. The summed E-state index contributed by atoms with van der Waals surface area (Å²) in [6.07, 6.45) is 0.616. The number of anilines is 1. The Morgan fingerprint density at radius 1 is 1.65 bits per heavy atom. The van der Waals surface area contributed by atoms with Gasteiger partial charge in [0.25, 0.3) is 5.69 Å². The van der Waals surface area contributed by atoms with E-state index in [9.17, 15) is 20.0 Å². The van der Waals surface area contributed by atoms with Gasteiger partial charge in [-0.3, -0.25) is 10.1 Å². The zero-order valence-electron chi connectivity index (χ0n) is 10.8. The summed E-state index contributed by atoms with van der Waals surface area (Å²) in [6, 6.07) is 0.934. The van der Waals surface area contributed by atoms with Crippen molar-refractivity contribution in [1.29, 1.82) is 0 Å². The van der Waals surface area contributed by atoms with E-state index in [0.717, 1.165) is 12.3 Å². The van der Waals surface area contributed by atoms with E-state index < -0.39 is 22.7 Å². The number of nitrogens with one attached hydrogen (secondary N) is 1. The number of methoxy groups -OCH3 is 1. The van der Waals surface area contributed by atoms with Crippen molar-refractivity contribution in [2.45, 2.75) is 12.5 Å². The fraction of sp³-hybridized carbons (Fsp3) is 0.455. The van der Waals surface area contributed by atoms with Crippen LogP contribution >= 0.6 is 0 Å². The van der Waals surface area contributed by atoms with Crippen LogP contribution in [0.15, 0.2) is 12.3 Å². The molecule has 9 nitrogen and oxygen atoms in total. The molecule has 0 aliphatic carbocycles. The molecule has 110 valence electrons. The van der Waals surface area contributed by atoms with Gasteiger partial charge in [-0.25, -0.2) is 9.78 Å². The zero-order valence-corrected chi connectivity index (χ0v) is 10.8. The SMILES string of the molecule is COCC(O)CCNc1ncc([N+](=O)[O-])cc1C(=O)O. The maximum atomic E-state index is 11.0. The highest BCUT2D eigenvalue weighted by Crippen LogP contribution is 2.19. The molecule has 0 saturated carbocycles. The highest BCUT2D eigenvalue weighted by atomic mass is 16.6. The molecule has 0 radical (unpaired) electrons. The minimum Gasteiger partial charge on any atom is -0.478 e. The van der Waals surface area contributed by atoms with Gasteiger partial charge in [0.2, 0.25) is 0 Å². The first-order chi connectivity index (χ1) is 9.45. The van der Waals surface area contributed by atoms with Crippen LogP contribution in [-0.2, 0) is 4.74 Å². The van der Waals surface area contributed by atoms with E-state index in [0.29, 0.717) is 6.42 Å². The van der Waals surface area contributed by atoms with E-state index in [2.05, 4.69) is 10.3 Å². The first-order valence-corrected chi connectivity index (χ1v) is 5.74. The van der Waals surface area contributed by atoms with Gasteiger partial charge < -0.3 is 20.3 Å². The van der Waals surface area contributed by atoms with Crippen molar-refractivity contribution in [1.82, 2.24) is 4.98 Å². The number of nitro groups is 1. The topological polar surface area (TPSA) is 135 Å². The second kappa shape index (κ2) is 7.36. The number of carboxylic acids is 1. The Morgan fingerprint density at radius 2 is 2.35 bits per heavy atom. The summed E-state index contributed by atoms with van der Waals surface area (Å²) in [4.78, 5) is 24.6. The minimum absolute atomic E-state index is 0.0210. The average molecular weight is 285 g/mol. The number of aliphatic hydroxyl groups excluding tert-OH is 1. The predicted octanol–water partition coefficient (Wildman–Crippen LogP) is 0.497. The summed E-state index contributed by atoms with van der Waals surface area (Å²) in [5.74, 6) is -1.30. The van der Waals surface area contributed by atoms with E-state index in [1.807, 2.05) is 0 Å². The normalized spacial score (nSPS) is 11.9. The third-order valence-electron chi connectivity index (χ3n) is 2.44. The molecule has 3 N–H and O–H groups in total. The van der Waals surface area contributed by atoms with E-state index in [-0.39, 0.29) is 24.5 Å². The first-order valence-electron chi connectivity index (χ1n) is 5.74. The second-order valence-electron chi connectivity index (χ2n) is 3.98. The van der Waals surface area contributed by atoms with Gasteiger partial charge in [0.05, 0.1) is 17.6 Å². The van der Waals surface area contributed by atoms with Crippen LogP contribution in [0.4, 0.5) is 11.5 Å². The zero-order chi connectivity index (χ0) is 15.1. The summed E-state index contributed by atoms with van der Waals surface area (Å²) in [6.45, 7) is 0.427.